The zero-order valence-corrected chi connectivity index (χ0v) is 14.1. The van der Waals surface area contributed by atoms with Crippen LogP contribution < -0.4 is 5.32 Å². The van der Waals surface area contributed by atoms with Crippen LogP contribution in [0, 0.1) is 10.8 Å². The maximum Gasteiger partial charge on any atom is 0.225 e. The number of nitrogens with one attached hydrogen (secondary N) is 1. The number of carbonyl (C=O) groups is 1. The second-order valence-electron chi connectivity index (χ2n) is 6.90. The van der Waals surface area contributed by atoms with Crippen LogP contribution >= 0.6 is 15.9 Å². The van der Waals surface area contributed by atoms with Crippen molar-refractivity contribution in [3.8, 4) is 0 Å². The van der Waals surface area contributed by atoms with Crippen LogP contribution in [0.1, 0.15) is 40.2 Å². The molecule has 0 aliphatic carbocycles. The quantitative estimate of drug-likeness (QED) is 0.883. The number of carbonyl (C=O) groups excluding carboxylic acids is 1. The summed E-state index contributed by atoms with van der Waals surface area (Å²) in [6.07, 6.45) is 0.949. The topological polar surface area (TPSA) is 29.1 Å². The molecule has 0 bridgehead atoms. The smallest absolute Gasteiger partial charge is 0.225 e. The number of halogens is 1. The highest BCUT2D eigenvalue weighted by Gasteiger charge is 2.25. The van der Waals surface area contributed by atoms with E-state index in [1.165, 1.54) is 5.56 Å². The highest BCUT2D eigenvalue weighted by atomic mass is 79.9. The van der Waals surface area contributed by atoms with E-state index in [0.717, 1.165) is 10.9 Å². The Kier molecular flexibility index (Phi) is 5.19. The van der Waals surface area contributed by atoms with E-state index in [1.807, 2.05) is 20.8 Å². The van der Waals surface area contributed by atoms with Gasteiger partial charge in [0.25, 0.3) is 0 Å². The molecule has 0 saturated heterocycles. The first-order valence-electron chi connectivity index (χ1n) is 6.63. The lowest BCUT2D eigenvalue weighted by molar-refractivity contribution is -0.128. The van der Waals surface area contributed by atoms with E-state index >= 15 is 0 Å². The predicted molar refractivity (Wildman–Crippen MR) is 84.1 cm³/mol. The van der Waals surface area contributed by atoms with Gasteiger partial charge in [-0.1, -0.05) is 62.7 Å². The molecule has 1 rings (SSSR count). The Balaban J connectivity index is 2.57. The second kappa shape index (κ2) is 6.08. The average molecular weight is 326 g/mol. The minimum absolute atomic E-state index is 0.0503. The number of hydrogen-bond acceptors (Lipinski definition) is 1. The van der Waals surface area contributed by atoms with Crippen LogP contribution in [0.4, 0.5) is 0 Å². The second-order valence-corrected chi connectivity index (χ2v) is 7.82. The van der Waals surface area contributed by atoms with Gasteiger partial charge in [-0.05, 0) is 29.5 Å². The summed E-state index contributed by atoms with van der Waals surface area (Å²) in [6.45, 7) is 10.9. The van der Waals surface area contributed by atoms with Crippen molar-refractivity contribution in [2.75, 3.05) is 6.54 Å². The summed E-state index contributed by atoms with van der Waals surface area (Å²) in [4.78, 5) is 11.9. The molecule has 1 amide bonds. The van der Waals surface area contributed by atoms with Gasteiger partial charge in [0.2, 0.25) is 5.91 Å². The molecule has 0 spiro atoms. The third-order valence-electron chi connectivity index (χ3n) is 3.00. The highest BCUT2D eigenvalue weighted by Crippen LogP contribution is 2.23. The lowest BCUT2D eigenvalue weighted by Crippen LogP contribution is -2.41. The lowest BCUT2D eigenvalue weighted by atomic mass is 9.85. The fraction of sp³-hybridized carbons (Fsp3) is 0.562. The van der Waals surface area contributed by atoms with Crippen LogP contribution in [0.5, 0.6) is 0 Å². The Labute approximate surface area is 125 Å². The Morgan fingerprint density at radius 3 is 2.11 bits per heavy atom. The van der Waals surface area contributed by atoms with E-state index in [0.29, 0.717) is 6.54 Å². The molecule has 0 aromatic heterocycles. The number of hydrogen-bond donors (Lipinski definition) is 1. The van der Waals surface area contributed by atoms with E-state index in [1.54, 1.807) is 0 Å². The fourth-order valence-corrected chi connectivity index (χ4v) is 2.07. The van der Waals surface area contributed by atoms with Crippen molar-refractivity contribution in [3.05, 3.63) is 34.3 Å². The summed E-state index contributed by atoms with van der Waals surface area (Å²) in [5.41, 5.74) is 1.01. The molecule has 0 atom stereocenters. The maximum atomic E-state index is 11.9. The molecule has 0 saturated carbocycles. The molecule has 0 heterocycles. The zero-order chi connectivity index (χ0) is 14.7. The summed E-state index contributed by atoms with van der Waals surface area (Å²) in [7, 11) is 0. The summed E-state index contributed by atoms with van der Waals surface area (Å²) < 4.78 is 1.09. The molecule has 0 fully saturated rings. The van der Waals surface area contributed by atoms with Gasteiger partial charge in [0.15, 0.2) is 0 Å². The van der Waals surface area contributed by atoms with Crippen LogP contribution in [0.2, 0.25) is 0 Å². The largest absolute Gasteiger partial charge is 0.355 e. The van der Waals surface area contributed by atoms with Gasteiger partial charge in [0.1, 0.15) is 0 Å². The molecular formula is C16H24BrNO. The summed E-state index contributed by atoms with van der Waals surface area (Å²) >= 11 is 3.44. The minimum Gasteiger partial charge on any atom is -0.355 e. The average Bonchev–Trinajstić information content (AvgIpc) is 2.27. The standard InChI is InChI=1S/C16H24BrNO/c1-15(2,3)14(19)18-11-16(4,5)10-12-6-8-13(17)9-7-12/h6-9H,10-11H2,1-5H3,(H,18,19). The molecule has 0 aliphatic rings. The summed E-state index contributed by atoms with van der Waals surface area (Å²) in [6, 6.07) is 8.35. The first-order valence-corrected chi connectivity index (χ1v) is 7.42. The monoisotopic (exact) mass is 325 g/mol. The van der Waals surface area contributed by atoms with Crippen molar-refractivity contribution in [1.82, 2.24) is 5.32 Å². The SMILES string of the molecule is CC(C)(CNC(=O)C(C)(C)C)Cc1ccc(Br)cc1. The maximum absolute atomic E-state index is 11.9. The predicted octanol–water partition coefficient (Wildman–Crippen LogP) is 4.18. The van der Waals surface area contributed by atoms with E-state index in [9.17, 15) is 4.79 Å². The third kappa shape index (κ3) is 5.77. The van der Waals surface area contributed by atoms with Crippen molar-refractivity contribution < 1.29 is 4.79 Å². The minimum atomic E-state index is -0.326. The van der Waals surface area contributed by atoms with Gasteiger partial charge in [-0.3, -0.25) is 4.79 Å². The molecule has 1 aromatic rings. The molecule has 19 heavy (non-hydrogen) atoms. The lowest BCUT2D eigenvalue weighted by Gasteiger charge is -2.27. The Hall–Kier alpha value is -0.830. The molecular weight excluding hydrogens is 302 g/mol. The molecule has 1 aromatic carbocycles. The summed E-state index contributed by atoms with van der Waals surface area (Å²) in [5.74, 6) is 0.108. The Morgan fingerprint density at radius 1 is 1.11 bits per heavy atom. The van der Waals surface area contributed by atoms with E-state index < -0.39 is 0 Å². The van der Waals surface area contributed by atoms with Crippen molar-refractivity contribution in [2.24, 2.45) is 10.8 Å². The van der Waals surface area contributed by atoms with Gasteiger partial charge in [-0.25, -0.2) is 0 Å². The Morgan fingerprint density at radius 2 is 1.63 bits per heavy atom. The van der Waals surface area contributed by atoms with Crippen molar-refractivity contribution in [3.63, 3.8) is 0 Å². The normalized spacial score (nSPS) is 12.3. The molecule has 106 valence electrons. The molecule has 0 unspecified atom stereocenters. The van der Waals surface area contributed by atoms with Gasteiger partial charge in [0, 0.05) is 16.4 Å². The Bertz CT molecular complexity index is 429. The number of benzene rings is 1. The highest BCUT2D eigenvalue weighted by molar-refractivity contribution is 9.10. The summed E-state index contributed by atoms with van der Waals surface area (Å²) in [5, 5.41) is 3.05. The number of amides is 1. The van der Waals surface area contributed by atoms with E-state index in [4.69, 9.17) is 0 Å². The first-order chi connectivity index (χ1) is 8.60. The van der Waals surface area contributed by atoms with Crippen LogP contribution in [0.15, 0.2) is 28.7 Å². The third-order valence-corrected chi connectivity index (χ3v) is 3.53. The van der Waals surface area contributed by atoms with Crippen molar-refractivity contribution in [1.29, 1.82) is 0 Å². The van der Waals surface area contributed by atoms with Gasteiger partial charge >= 0.3 is 0 Å². The molecule has 3 heteroatoms. The van der Waals surface area contributed by atoms with Crippen molar-refractivity contribution >= 4 is 21.8 Å². The number of rotatable bonds is 4. The van der Waals surface area contributed by atoms with E-state index in [-0.39, 0.29) is 16.7 Å². The fourth-order valence-electron chi connectivity index (χ4n) is 1.80. The van der Waals surface area contributed by atoms with Gasteiger partial charge < -0.3 is 5.32 Å². The van der Waals surface area contributed by atoms with Crippen LogP contribution in [-0.2, 0) is 11.2 Å². The molecule has 1 N–H and O–H groups in total. The molecule has 2 nitrogen and oxygen atoms in total. The van der Waals surface area contributed by atoms with E-state index in [2.05, 4.69) is 59.4 Å². The van der Waals surface area contributed by atoms with Gasteiger partial charge in [0.05, 0.1) is 0 Å². The van der Waals surface area contributed by atoms with Crippen molar-refractivity contribution in [2.45, 2.75) is 41.0 Å². The van der Waals surface area contributed by atoms with Crippen LogP contribution in [-0.4, -0.2) is 12.5 Å². The first kappa shape index (κ1) is 16.2. The molecule has 0 aliphatic heterocycles. The molecule has 0 radical (unpaired) electrons. The van der Waals surface area contributed by atoms with Crippen LogP contribution in [0.3, 0.4) is 0 Å². The van der Waals surface area contributed by atoms with Gasteiger partial charge in [-0.15, -0.1) is 0 Å². The zero-order valence-electron chi connectivity index (χ0n) is 12.5. The van der Waals surface area contributed by atoms with Crippen LogP contribution in [0.25, 0.3) is 0 Å². The van der Waals surface area contributed by atoms with Gasteiger partial charge in [-0.2, -0.15) is 0 Å².